The molecule has 1 aromatic heterocycles. The van der Waals surface area contributed by atoms with Gasteiger partial charge < -0.3 is 5.11 Å². The van der Waals surface area contributed by atoms with Crippen LogP contribution in [0.4, 0.5) is 4.39 Å². The SMILES string of the molecule is O=C(c1cnn(S(=O)(=O)c2ccccc2)c1)c1cc(F)ccc1O. The number of benzene rings is 2. The Morgan fingerprint density at radius 1 is 1.12 bits per heavy atom. The Bertz CT molecular complexity index is 1010. The number of ketones is 1. The molecule has 122 valence electrons. The van der Waals surface area contributed by atoms with E-state index in [1.165, 1.54) is 12.1 Å². The number of phenols is 1. The molecule has 0 bridgehead atoms. The molecule has 1 N–H and O–H groups in total. The lowest BCUT2D eigenvalue weighted by molar-refractivity contribution is 0.103. The van der Waals surface area contributed by atoms with Crippen molar-refractivity contribution in [1.82, 2.24) is 9.19 Å². The molecule has 2 aromatic carbocycles. The highest BCUT2D eigenvalue weighted by atomic mass is 32.2. The van der Waals surface area contributed by atoms with Gasteiger partial charge >= 0.3 is 0 Å². The number of nitrogens with zero attached hydrogens (tertiary/aromatic N) is 2. The predicted molar refractivity (Wildman–Crippen MR) is 82.8 cm³/mol. The fourth-order valence-corrected chi connectivity index (χ4v) is 3.24. The molecule has 0 fully saturated rings. The zero-order chi connectivity index (χ0) is 17.3. The van der Waals surface area contributed by atoms with Crippen LogP contribution >= 0.6 is 0 Å². The molecule has 8 heteroatoms. The lowest BCUT2D eigenvalue weighted by Crippen LogP contribution is -2.13. The van der Waals surface area contributed by atoms with Crippen molar-refractivity contribution < 1.29 is 22.7 Å². The first-order chi connectivity index (χ1) is 11.4. The van der Waals surface area contributed by atoms with E-state index in [2.05, 4.69) is 5.10 Å². The highest BCUT2D eigenvalue weighted by molar-refractivity contribution is 7.89. The molecular weight excluding hydrogens is 335 g/mol. The largest absolute Gasteiger partial charge is 0.507 e. The third kappa shape index (κ3) is 2.79. The second-order valence-electron chi connectivity index (χ2n) is 4.91. The van der Waals surface area contributed by atoms with Gasteiger partial charge in [-0.2, -0.15) is 17.6 Å². The topological polar surface area (TPSA) is 89.3 Å². The quantitative estimate of drug-likeness (QED) is 0.732. The van der Waals surface area contributed by atoms with Crippen molar-refractivity contribution >= 4 is 15.8 Å². The molecule has 0 aliphatic rings. The summed E-state index contributed by atoms with van der Waals surface area (Å²) in [5.41, 5.74) is -0.359. The molecule has 3 rings (SSSR count). The Kier molecular flexibility index (Phi) is 3.90. The van der Waals surface area contributed by atoms with Crippen LogP contribution in [0.1, 0.15) is 15.9 Å². The molecule has 0 aliphatic carbocycles. The number of halogens is 1. The van der Waals surface area contributed by atoms with Crippen LogP contribution in [0.3, 0.4) is 0 Å². The van der Waals surface area contributed by atoms with Crippen LogP contribution in [0.25, 0.3) is 0 Å². The monoisotopic (exact) mass is 346 g/mol. The summed E-state index contributed by atoms with van der Waals surface area (Å²) in [6, 6.07) is 10.5. The van der Waals surface area contributed by atoms with E-state index in [1.54, 1.807) is 18.2 Å². The predicted octanol–water partition coefficient (Wildman–Crippen LogP) is 2.20. The number of carbonyl (C=O) groups excluding carboxylic acids is 1. The van der Waals surface area contributed by atoms with Crippen LogP contribution in [0.5, 0.6) is 5.75 Å². The fraction of sp³-hybridized carbons (Fsp3) is 0. The molecule has 0 saturated heterocycles. The molecular formula is C16H11FN2O4S. The van der Waals surface area contributed by atoms with Gasteiger partial charge in [-0.25, -0.2) is 4.39 Å². The minimum Gasteiger partial charge on any atom is -0.507 e. The fourth-order valence-electron chi connectivity index (χ4n) is 2.10. The molecule has 6 nitrogen and oxygen atoms in total. The third-order valence-electron chi connectivity index (χ3n) is 3.31. The van der Waals surface area contributed by atoms with Crippen molar-refractivity contribution in [3.63, 3.8) is 0 Å². The van der Waals surface area contributed by atoms with Gasteiger partial charge in [-0.15, -0.1) is 0 Å². The summed E-state index contributed by atoms with van der Waals surface area (Å²) in [4.78, 5) is 12.3. The summed E-state index contributed by atoms with van der Waals surface area (Å²) in [5, 5.41) is 13.4. The van der Waals surface area contributed by atoms with Crippen LogP contribution in [0.15, 0.2) is 65.8 Å². The highest BCUT2D eigenvalue weighted by Crippen LogP contribution is 2.22. The van der Waals surface area contributed by atoms with Crippen LogP contribution in [0, 0.1) is 5.82 Å². The first-order valence-corrected chi connectivity index (χ1v) is 8.22. The summed E-state index contributed by atoms with van der Waals surface area (Å²) in [5.74, 6) is -1.83. The molecule has 0 aliphatic heterocycles. The van der Waals surface area contributed by atoms with Gasteiger partial charge in [0.15, 0.2) is 5.78 Å². The number of aromatic hydroxyl groups is 1. The third-order valence-corrected chi connectivity index (χ3v) is 4.87. The average Bonchev–Trinajstić information content (AvgIpc) is 3.08. The van der Waals surface area contributed by atoms with E-state index in [0.29, 0.717) is 4.09 Å². The number of phenolic OH excluding ortho intramolecular Hbond substituents is 1. The van der Waals surface area contributed by atoms with Gasteiger partial charge in [0.05, 0.1) is 28.4 Å². The lowest BCUT2D eigenvalue weighted by atomic mass is 10.1. The van der Waals surface area contributed by atoms with Crippen molar-refractivity contribution in [1.29, 1.82) is 0 Å². The minimum absolute atomic E-state index is 0.0145. The van der Waals surface area contributed by atoms with Crippen molar-refractivity contribution in [2.75, 3.05) is 0 Å². The number of aromatic nitrogens is 2. The Hall–Kier alpha value is -3.00. The van der Waals surface area contributed by atoms with Gasteiger partial charge in [0, 0.05) is 0 Å². The summed E-state index contributed by atoms with van der Waals surface area (Å²) >= 11 is 0. The molecule has 0 saturated carbocycles. The van der Waals surface area contributed by atoms with E-state index < -0.39 is 27.4 Å². The van der Waals surface area contributed by atoms with Gasteiger partial charge in [0.25, 0.3) is 10.0 Å². The number of rotatable bonds is 4. The molecule has 1 heterocycles. The van der Waals surface area contributed by atoms with E-state index in [4.69, 9.17) is 0 Å². The second kappa shape index (κ2) is 5.89. The first-order valence-electron chi connectivity index (χ1n) is 6.78. The molecule has 3 aromatic rings. The summed E-state index contributed by atoms with van der Waals surface area (Å²) in [6.45, 7) is 0. The Morgan fingerprint density at radius 2 is 1.83 bits per heavy atom. The maximum Gasteiger partial charge on any atom is 0.282 e. The minimum atomic E-state index is -3.94. The lowest BCUT2D eigenvalue weighted by Gasteiger charge is -2.03. The van der Waals surface area contributed by atoms with Crippen LogP contribution < -0.4 is 0 Å². The van der Waals surface area contributed by atoms with E-state index in [9.17, 15) is 22.7 Å². The molecule has 0 atom stereocenters. The molecule has 0 amide bonds. The summed E-state index contributed by atoms with van der Waals surface area (Å²) < 4.78 is 38.7. The molecule has 0 unspecified atom stereocenters. The van der Waals surface area contributed by atoms with Crippen molar-refractivity contribution in [3.8, 4) is 5.75 Å². The number of hydrogen-bond donors (Lipinski definition) is 1. The zero-order valence-electron chi connectivity index (χ0n) is 12.1. The maximum absolute atomic E-state index is 13.3. The van der Waals surface area contributed by atoms with Crippen LogP contribution in [0.2, 0.25) is 0 Å². The smallest absolute Gasteiger partial charge is 0.282 e. The molecule has 0 radical (unpaired) electrons. The van der Waals surface area contributed by atoms with Crippen molar-refractivity contribution in [3.05, 3.63) is 77.9 Å². The highest BCUT2D eigenvalue weighted by Gasteiger charge is 2.21. The number of hydrogen-bond acceptors (Lipinski definition) is 5. The Labute approximate surface area is 136 Å². The van der Waals surface area contributed by atoms with Gasteiger partial charge in [-0.1, -0.05) is 18.2 Å². The Balaban J connectivity index is 1.99. The molecule has 0 spiro atoms. The standard InChI is InChI=1S/C16H11FN2O4S/c17-12-6-7-15(20)14(8-12)16(21)11-9-18-19(10-11)24(22,23)13-4-2-1-3-5-13/h1-10,20H. The average molecular weight is 346 g/mol. The van der Waals surface area contributed by atoms with Crippen molar-refractivity contribution in [2.24, 2.45) is 0 Å². The first kappa shape index (κ1) is 15.9. The Morgan fingerprint density at radius 3 is 2.54 bits per heavy atom. The van der Waals surface area contributed by atoms with Crippen LogP contribution in [-0.4, -0.2) is 28.5 Å². The molecule has 24 heavy (non-hydrogen) atoms. The van der Waals surface area contributed by atoms with E-state index >= 15 is 0 Å². The van der Waals surface area contributed by atoms with Crippen molar-refractivity contribution in [2.45, 2.75) is 4.90 Å². The van der Waals surface area contributed by atoms with E-state index in [1.807, 2.05) is 0 Å². The van der Waals surface area contributed by atoms with Gasteiger partial charge in [0.2, 0.25) is 0 Å². The van der Waals surface area contributed by atoms with E-state index in [-0.39, 0.29) is 16.0 Å². The summed E-state index contributed by atoms with van der Waals surface area (Å²) in [6.07, 6.45) is 2.07. The maximum atomic E-state index is 13.3. The van der Waals surface area contributed by atoms with Gasteiger partial charge in [-0.05, 0) is 30.3 Å². The second-order valence-corrected chi connectivity index (χ2v) is 6.71. The van der Waals surface area contributed by atoms with Gasteiger partial charge in [-0.3, -0.25) is 4.79 Å². The summed E-state index contributed by atoms with van der Waals surface area (Å²) in [7, 11) is -3.94. The van der Waals surface area contributed by atoms with E-state index in [0.717, 1.165) is 30.6 Å². The number of carbonyl (C=O) groups is 1. The normalized spacial score (nSPS) is 11.4. The van der Waals surface area contributed by atoms with Crippen LogP contribution in [-0.2, 0) is 10.0 Å². The van der Waals surface area contributed by atoms with Gasteiger partial charge in [0.1, 0.15) is 11.6 Å². The zero-order valence-corrected chi connectivity index (χ0v) is 12.9.